The third-order valence-corrected chi connectivity index (χ3v) is 9.51. The van der Waals surface area contributed by atoms with Gasteiger partial charge in [0, 0.05) is 11.5 Å². The van der Waals surface area contributed by atoms with Gasteiger partial charge in [0.15, 0.2) is 21.8 Å². The van der Waals surface area contributed by atoms with Gasteiger partial charge in [-0.2, -0.15) is 0 Å². The quantitative estimate of drug-likeness (QED) is 0.0635. The fourth-order valence-corrected chi connectivity index (χ4v) is 7.68. The molecular weight excluding hydrogens is 598 g/mol. The van der Waals surface area contributed by atoms with E-state index in [1.54, 1.807) is 0 Å². The number of oxime groups is 1. The molecule has 0 aromatic carbocycles. The van der Waals surface area contributed by atoms with Gasteiger partial charge in [-0.15, -0.1) is 28.4 Å². The number of anilines is 1. The summed E-state index contributed by atoms with van der Waals surface area (Å²) in [5.74, 6) is 0.159. The lowest BCUT2D eigenvalue weighted by Gasteiger charge is -2.49. The number of rotatable bonds is 11. The molecule has 2 aliphatic heterocycles. The number of carboxylic acid groups (broad SMARTS) is 1. The van der Waals surface area contributed by atoms with E-state index < -0.39 is 29.2 Å². The van der Waals surface area contributed by atoms with Crippen LogP contribution in [-0.4, -0.2) is 84.6 Å². The van der Waals surface area contributed by atoms with Crippen molar-refractivity contribution < 1.29 is 29.1 Å². The molecule has 4 heterocycles. The molecule has 0 aliphatic carbocycles. The summed E-state index contributed by atoms with van der Waals surface area (Å²) in [5, 5.41) is 26.7. The first-order valence-electron chi connectivity index (χ1n) is 10.4. The first-order valence-corrected chi connectivity index (χ1v) is 14.4. The van der Waals surface area contributed by atoms with Gasteiger partial charge in [-0.1, -0.05) is 57.1 Å². The van der Waals surface area contributed by atoms with Crippen molar-refractivity contribution in [2.24, 2.45) is 5.16 Å². The molecule has 0 saturated carbocycles. The molecule has 0 bridgehead atoms. The molecule has 2 aliphatic rings. The minimum absolute atomic E-state index is 0.0324. The van der Waals surface area contributed by atoms with Gasteiger partial charge in [0.25, 0.3) is 11.8 Å². The molecule has 0 radical (unpaired) electrons. The average molecular weight is 614 g/mol. The number of carboxylic acids is 1. The van der Waals surface area contributed by atoms with Crippen molar-refractivity contribution in [3.05, 3.63) is 26.3 Å². The molecular formula is C20H16ClN7O6S4. The van der Waals surface area contributed by atoms with E-state index in [1.165, 1.54) is 34.9 Å². The minimum atomic E-state index is -1.24. The molecule has 1 saturated heterocycles. The SMILES string of the molecule is C#CCON=C(C(=O)NC1C(=O)N2C(C(=O)O)=C(CSc3nnc(C)s3)CS[C@H]12)c1nc(NC=O)sc1Cl. The Morgan fingerprint density at radius 3 is 2.87 bits per heavy atom. The highest BCUT2D eigenvalue weighted by molar-refractivity contribution is 8.01. The number of amides is 3. The summed E-state index contributed by atoms with van der Waals surface area (Å²) < 4.78 is 0.725. The van der Waals surface area contributed by atoms with E-state index in [-0.39, 0.29) is 33.2 Å². The van der Waals surface area contributed by atoms with Crippen LogP contribution in [0.4, 0.5) is 5.13 Å². The number of thiazole rings is 1. The van der Waals surface area contributed by atoms with Crippen LogP contribution in [0.15, 0.2) is 20.8 Å². The van der Waals surface area contributed by atoms with Crippen LogP contribution in [0.2, 0.25) is 4.34 Å². The summed E-state index contributed by atoms with van der Waals surface area (Å²) >= 11 is 11.1. The largest absolute Gasteiger partial charge is 0.477 e. The Morgan fingerprint density at radius 1 is 1.42 bits per heavy atom. The second kappa shape index (κ2) is 12.1. The van der Waals surface area contributed by atoms with Gasteiger partial charge in [-0.25, -0.2) is 9.78 Å². The Labute approximate surface area is 236 Å². The van der Waals surface area contributed by atoms with Crippen LogP contribution in [0, 0.1) is 19.3 Å². The van der Waals surface area contributed by atoms with E-state index in [1.807, 2.05) is 6.92 Å². The summed E-state index contributed by atoms with van der Waals surface area (Å²) in [6.45, 7) is 1.56. The van der Waals surface area contributed by atoms with Crippen LogP contribution in [0.5, 0.6) is 0 Å². The van der Waals surface area contributed by atoms with Crippen LogP contribution < -0.4 is 10.6 Å². The molecule has 3 N–H and O–H groups in total. The zero-order chi connectivity index (χ0) is 27.4. The summed E-state index contributed by atoms with van der Waals surface area (Å²) in [6, 6.07) is -1.04. The predicted octanol–water partition coefficient (Wildman–Crippen LogP) is 1.41. The Balaban J connectivity index is 1.52. The average Bonchev–Trinajstić information content (AvgIpc) is 3.47. The first kappa shape index (κ1) is 27.9. The molecule has 2 aromatic heterocycles. The molecule has 2 atom stereocenters. The fraction of sp³-hybridized carbons (Fsp3) is 0.300. The van der Waals surface area contributed by atoms with E-state index in [0.717, 1.165) is 21.2 Å². The van der Waals surface area contributed by atoms with Gasteiger partial charge in [-0.05, 0) is 12.5 Å². The van der Waals surface area contributed by atoms with Gasteiger partial charge in [0.1, 0.15) is 32.2 Å². The van der Waals surface area contributed by atoms with E-state index in [4.69, 9.17) is 22.9 Å². The van der Waals surface area contributed by atoms with E-state index in [9.17, 15) is 24.3 Å². The topological polar surface area (TPSA) is 176 Å². The number of aliphatic carboxylic acids is 1. The van der Waals surface area contributed by atoms with Crippen LogP contribution in [-0.2, 0) is 24.0 Å². The maximum absolute atomic E-state index is 13.1. The zero-order valence-electron chi connectivity index (χ0n) is 19.2. The van der Waals surface area contributed by atoms with E-state index in [0.29, 0.717) is 27.8 Å². The number of fused-ring (bicyclic) bond motifs is 1. The van der Waals surface area contributed by atoms with Crippen molar-refractivity contribution in [3.8, 4) is 12.3 Å². The lowest BCUT2D eigenvalue weighted by molar-refractivity contribution is -0.150. The standard InChI is InChI=1S/C20H16ClN7O6S4/c1-3-4-34-27-11(10-14(21)38-19(24-10)22-7-29)15(30)23-12-16(31)28-13(18(32)33)9(5-35-17(12)28)6-36-20-26-25-8(2)37-20/h1,7,12,17H,4-6H2,2H3,(H,23,30)(H,32,33)(H,22,24,29)/t12?,17-/m1/s1. The first-order chi connectivity index (χ1) is 18.2. The highest BCUT2D eigenvalue weighted by Gasteiger charge is 2.54. The number of β-lactam (4-membered cyclic amide) rings is 1. The summed E-state index contributed by atoms with van der Waals surface area (Å²) in [6.07, 6.45) is 5.55. The van der Waals surface area contributed by atoms with Crippen LogP contribution >= 0.6 is 57.8 Å². The van der Waals surface area contributed by atoms with E-state index >= 15 is 0 Å². The molecule has 13 nitrogen and oxygen atoms in total. The summed E-state index contributed by atoms with van der Waals surface area (Å²) in [5.41, 5.74) is -0.0146. The fourth-order valence-electron chi connectivity index (χ4n) is 3.38. The molecule has 0 spiro atoms. The molecule has 198 valence electrons. The smallest absolute Gasteiger partial charge is 0.352 e. The van der Waals surface area contributed by atoms with Crippen molar-refractivity contribution in [2.75, 3.05) is 23.4 Å². The summed E-state index contributed by atoms with van der Waals surface area (Å²) in [4.78, 5) is 59.2. The number of halogens is 1. The number of carbonyl (C=O) groups excluding carboxylic acids is 3. The van der Waals surface area contributed by atoms with Crippen LogP contribution in [0.25, 0.3) is 0 Å². The maximum atomic E-state index is 13.1. The highest BCUT2D eigenvalue weighted by atomic mass is 35.5. The Hall–Kier alpha value is -3.17. The lowest BCUT2D eigenvalue weighted by Crippen LogP contribution is -2.71. The van der Waals surface area contributed by atoms with E-state index in [2.05, 4.69) is 36.9 Å². The molecule has 1 fully saturated rings. The van der Waals surface area contributed by atoms with Crippen molar-refractivity contribution in [1.82, 2.24) is 25.4 Å². The van der Waals surface area contributed by atoms with Crippen molar-refractivity contribution in [1.29, 1.82) is 0 Å². The maximum Gasteiger partial charge on any atom is 0.352 e. The number of hydrogen-bond donors (Lipinski definition) is 3. The molecule has 4 rings (SSSR count). The Bertz CT molecular complexity index is 1400. The predicted molar refractivity (Wildman–Crippen MR) is 143 cm³/mol. The van der Waals surface area contributed by atoms with Crippen LogP contribution in [0.1, 0.15) is 10.7 Å². The second-order valence-corrected chi connectivity index (χ2v) is 12.4. The number of terminal acetylenes is 1. The summed E-state index contributed by atoms with van der Waals surface area (Å²) in [7, 11) is 0. The van der Waals surface area contributed by atoms with Crippen molar-refractivity contribution >= 4 is 92.8 Å². The van der Waals surface area contributed by atoms with Crippen molar-refractivity contribution in [2.45, 2.75) is 22.7 Å². The monoisotopic (exact) mass is 613 g/mol. The zero-order valence-corrected chi connectivity index (χ0v) is 23.2. The molecule has 2 aromatic rings. The highest BCUT2D eigenvalue weighted by Crippen LogP contribution is 2.42. The van der Waals surface area contributed by atoms with Gasteiger partial charge in [0.2, 0.25) is 6.41 Å². The Kier molecular flexibility index (Phi) is 8.89. The number of nitrogens with one attached hydrogen (secondary N) is 2. The van der Waals surface area contributed by atoms with Crippen LogP contribution in [0.3, 0.4) is 0 Å². The Morgan fingerprint density at radius 2 is 2.21 bits per heavy atom. The van der Waals surface area contributed by atoms with Gasteiger partial charge in [0.05, 0.1) is 0 Å². The normalized spacial score (nSPS) is 18.8. The molecule has 3 amide bonds. The number of nitrogens with zero attached hydrogens (tertiary/aromatic N) is 5. The van der Waals surface area contributed by atoms with Crippen molar-refractivity contribution in [3.63, 3.8) is 0 Å². The van der Waals surface area contributed by atoms with Gasteiger partial charge in [-0.3, -0.25) is 19.3 Å². The second-order valence-electron chi connectivity index (χ2n) is 7.31. The van der Waals surface area contributed by atoms with Gasteiger partial charge < -0.3 is 20.6 Å². The number of aromatic nitrogens is 3. The molecule has 38 heavy (non-hydrogen) atoms. The number of carbonyl (C=O) groups is 4. The lowest BCUT2D eigenvalue weighted by atomic mass is 10.0. The van der Waals surface area contributed by atoms with Gasteiger partial charge >= 0.3 is 5.97 Å². The number of thioether (sulfide) groups is 2. The third-order valence-electron chi connectivity index (χ3n) is 4.93. The molecule has 18 heteroatoms. The molecule has 1 unspecified atom stereocenters. The number of aryl methyl sites for hydroxylation is 1. The minimum Gasteiger partial charge on any atom is -0.477 e. The number of hydrogen-bond acceptors (Lipinski definition) is 13. The third kappa shape index (κ3) is 5.78.